The molecule has 0 aliphatic rings. The highest BCUT2D eigenvalue weighted by atomic mass is 16.2. The van der Waals surface area contributed by atoms with Crippen LogP contribution < -0.4 is 10.9 Å². The summed E-state index contributed by atoms with van der Waals surface area (Å²) in [7, 11) is 0. The van der Waals surface area contributed by atoms with Crippen LogP contribution in [-0.2, 0) is 0 Å². The number of amides is 1. The largest absolute Gasteiger partial charge is 0.289 e. The Labute approximate surface area is 151 Å². The number of aromatic nitrogens is 5. The number of carbonyl (C=O) groups excluding carboxylic acids is 2. The zero-order valence-electron chi connectivity index (χ0n) is 13.8. The fourth-order valence-corrected chi connectivity index (χ4v) is 2.73. The van der Waals surface area contributed by atoms with Gasteiger partial charge in [0.1, 0.15) is 5.56 Å². The van der Waals surface area contributed by atoms with Gasteiger partial charge < -0.3 is 0 Å². The number of H-pyrrole nitrogens is 1. The van der Waals surface area contributed by atoms with Crippen LogP contribution in [0.5, 0.6) is 0 Å². The molecule has 3 aromatic heterocycles. The predicted octanol–water partition coefficient (Wildman–Crippen LogP) is 1.30. The lowest BCUT2D eigenvalue weighted by Gasteiger charge is -2.10. The van der Waals surface area contributed by atoms with E-state index >= 15 is 0 Å². The van der Waals surface area contributed by atoms with E-state index in [-0.39, 0.29) is 22.9 Å². The van der Waals surface area contributed by atoms with Crippen LogP contribution in [0.3, 0.4) is 0 Å². The predicted molar refractivity (Wildman–Crippen MR) is 95.7 cm³/mol. The molecule has 0 saturated carbocycles. The summed E-state index contributed by atoms with van der Waals surface area (Å²) < 4.78 is 1.27. The van der Waals surface area contributed by atoms with Gasteiger partial charge in [-0.25, -0.2) is 5.10 Å². The third kappa shape index (κ3) is 2.97. The minimum absolute atomic E-state index is 0.00602. The number of aromatic amines is 1. The normalized spacial score (nSPS) is 10.7. The molecule has 0 saturated heterocycles. The number of nitrogens with one attached hydrogen (secondary N) is 2. The van der Waals surface area contributed by atoms with Crippen molar-refractivity contribution in [3.8, 4) is 0 Å². The number of anilines is 1. The van der Waals surface area contributed by atoms with Crippen molar-refractivity contribution >= 4 is 23.2 Å². The zero-order chi connectivity index (χ0) is 18.8. The summed E-state index contributed by atoms with van der Waals surface area (Å²) in [6, 6.07) is 15.0. The first-order chi connectivity index (χ1) is 13.1. The molecule has 9 nitrogen and oxygen atoms in total. The Morgan fingerprint density at radius 2 is 1.78 bits per heavy atom. The summed E-state index contributed by atoms with van der Waals surface area (Å²) in [5.41, 5.74) is 0.346. The lowest BCUT2D eigenvalue weighted by molar-refractivity contribution is 0.102. The van der Waals surface area contributed by atoms with E-state index in [0.29, 0.717) is 11.1 Å². The second kappa shape index (κ2) is 6.64. The number of ketones is 1. The van der Waals surface area contributed by atoms with Crippen LogP contribution in [0, 0.1) is 0 Å². The molecule has 0 radical (unpaired) electrons. The van der Waals surface area contributed by atoms with Crippen molar-refractivity contribution in [1.82, 2.24) is 25.0 Å². The van der Waals surface area contributed by atoms with Crippen molar-refractivity contribution in [3.05, 3.63) is 87.8 Å². The van der Waals surface area contributed by atoms with E-state index in [9.17, 15) is 14.4 Å². The number of nitrogens with zero attached hydrogens (tertiary/aromatic N) is 4. The monoisotopic (exact) mass is 360 g/mol. The van der Waals surface area contributed by atoms with E-state index in [1.54, 1.807) is 48.5 Å². The Morgan fingerprint density at radius 1 is 1.00 bits per heavy atom. The third-order valence-electron chi connectivity index (χ3n) is 3.98. The van der Waals surface area contributed by atoms with E-state index in [0.717, 1.165) is 0 Å². The van der Waals surface area contributed by atoms with E-state index in [1.165, 1.54) is 16.7 Å². The maximum Gasteiger partial charge on any atom is 0.267 e. The molecular weight excluding hydrogens is 348 g/mol. The van der Waals surface area contributed by atoms with Crippen molar-refractivity contribution in [1.29, 1.82) is 0 Å². The fourth-order valence-electron chi connectivity index (χ4n) is 2.73. The molecule has 0 spiro atoms. The average Bonchev–Trinajstić information content (AvgIpc) is 3.21. The molecule has 3 heterocycles. The molecule has 0 atom stereocenters. The van der Waals surface area contributed by atoms with Crippen molar-refractivity contribution in [2.45, 2.75) is 0 Å². The van der Waals surface area contributed by atoms with Crippen LogP contribution in [0.4, 0.5) is 5.95 Å². The number of tetrazole rings is 1. The Bertz CT molecular complexity index is 1200. The Hall–Kier alpha value is -4.14. The molecule has 27 heavy (non-hydrogen) atoms. The zero-order valence-corrected chi connectivity index (χ0v) is 13.8. The first kappa shape index (κ1) is 16.3. The molecule has 0 aliphatic carbocycles. The minimum atomic E-state index is -0.723. The molecule has 4 aromatic rings. The quantitative estimate of drug-likeness (QED) is 0.529. The van der Waals surface area contributed by atoms with Gasteiger partial charge in [0.15, 0.2) is 5.78 Å². The standard InChI is InChI=1S/C18H12N6O3/c25-15(11-6-2-1-3-7-11)12-10-13(16(26)19-18-20-22-23-21-18)17(27)24-9-5-4-8-14(12)24/h1-10H,(H2,19,20,21,22,23,26). The number of carbonyl (C=O) groups is 2. The van der Waals surface area contributed by atoms with Gasteiger partial charge in [-0.15, -0.1) is 0 Å². The molecule has 0 aliphatic heterocycles. The first-order valence-electron chi connectivity index (χ1n) is 7.94. The van der Waals surface area contributed by atoms with Crippen molar-refractivity contribution in [3.63, 3.8) is 0 Å². The van der Waals surface area contributed by atoms with E-state index < -0.39 is 11.5 Å². The van der Waals surface area contributed by atoms with Crippen LogP contribution in [0.2, 0.25) is 0 Å². The van der Waals surface area contributed by atoms with Crippen molar-refractivity contribution in [2.75, 3.05) is 5.32 Å². The summed E-state index contributed by atoms with van der Waals surface area (Å²) in [4.78, 5) is 38.3. The smallest absolute Gasteiger partial charge is 0.267 e. The second-order valence-corrected chi connectivity index (χ2v) is 5.63. The van der Waals surface area contributed by atoms with Crippen LogP contribution in [-0.4, -0.2) is 36.7 Å². The van der Waals surface area contributed by atoms with Gasteiger partial charge in [-0.1, -0.05) is 41.5 Å². The van der Waals surface area contributed by atoms with Gasteiger partial charge in [-0.3, -0.25) is 24.1 Å². The Morgan fingerprint density at radius 3 is 2.52 bits per heavy atom. The van der Waals surface area contributed by atoms with Gasteiger partial charge in [0.05, 0.1) is 5.52 Å². The van der Waals surface area contributed by atoms with Gasteiger partial charge in [-0.2, -0.15) is 0 Å². The highest BCUT2D eigenvalue weighted by Gasteiger charge is 2.20. The SMILES string of the molecule is O=C(Nc1nnn[nH]1)c1cc(C(=O)c2ccccc2)c2ccccn2c1=O. The Balaban J connectivity index is 1.88. The molecular formula is C18H12N6O3. The highest BCUT2D eigenvalue weighted by molar-refractivity contribution is 6.14. The minimum Gasteiger partial charge on any atom is -0.289 e. The number of fused-ring (bicyclic) bond motifs is 1. The number of rotatable bonds is 4. The van der Waals surface area contributed by atoms with E-state index in [4.69, 9.17) is 0 Å². The molecule has 0 unspecified atom stereocenters. The van der Waals surface area contributed by atoms with Gasteiger partial charge >= 0.3 is 0 Å². The van der Waals surface area contributed by atoms with Crippen molar-refractivity contribution in [2.24, 2.45) is 0 Å². The number of hydrogen-bond donors (Lipinski definition) is 2. The number of benzene rings is 1. The summed E-state index contributed by atoms with van der Waals surface area (Å²) in [6.07, 6.45) is 1.51. The van der Waals surface area contributed by atoms with E-state index in [2.05, 4.69) is 25.9 Å². The van der Waals surface area contributed by atoms with Crippen LogP contribution in [0.1, 0.15) is 26.3 Å². The molecule has 0 fully saturated rings. The van der Waals surface area contributed by atoms with Crippen molar-refractivity contribution < 1.29 is 9.59 Å². The fraction of sp³-hybridized carbons (Fsp3) is 0. The van der Waals surface area contributed by atoms with Crippen LogP contribution in [0.25, 0.3) is 5.52 Å². The molecule has 0 bridgehead atoms. The summed E-state index contributed by atoms with van der Waals surface area (Å²) in [5, 5.41) is 15.0. The topological polar surface area (TPSA) is 122 Å². The van der Waals surface area contributed by atoms with Gasteiger partial charge in [0.2, 0.25) is 5.95 Å². The van der Waals surface area contributed by atoms with Crippen LogP contribution >= 0.6 is 0 Å². The van der Waals surface area contributed by atoms with Gasteiger partial charge in [0, 0.05) is 17.3 Å². The summed E-state index contributed by atoms with van der Waals surface area (Å²) in [5.74, 6) is -1.03. The summed E-state index contributed by atoms with van der Waals surface area (Å²) >= 11 is 0. The van der Waals surface area contributed by atoms with Gasteiger partial charge in [0.25, 0.3) is 11.5 Å². The molecule has 1 amide bonds. The number of hydrogen-bond acceptors (Lipinski definition) is 6. The summed E-state index contributed by atoms with van der Waals surface area (Å²) in [6.45, 7) is 0. The second-order valence-electron chi connectivity index (χ2n) is 5.63. The van der Waals surface area contributed by atoms with E-state index in [1.807, 2.05) is 0 Å². The molecule has 9 heteroatoms. The molecule has 1 aromatic carbocycles. The molecule has 2 N–H and O–H groups in total. The lowest BCUT2D eigenvalue weighted by Crippen LogP contribution is -2.28. The number of pyridine rings is 2. The first-order valence-corrected chi connectivity index (χ1v) is 7.94. The van der Waals surface area contributed by atoms with Gasteiger partial charge in [-0.05, 0) is 28.6 Å². The lowest BCUT2D eigenvalue weighted by atomic mass is 10.0. The maximum atomic E-state index is 13.0. The molecule has 132 valence electrons. The van der Waals surface area contributed by atoms with Crippen LogP contribution in [0.15, 0.2) is 65.6 Å². The third-order valence-corrected chi connectivity index (χ3v) is 3.98. The Kier molecular flexibility index (Phi) is 4.01. The molecule has 4 rings (SSSR count). The maximum absolute atomic E-state index is 13.0. The average molecular weight is 360 g/mol. The highest BCUT2D eigenvalue weighted by Crippen LogP contribution is 2.16.